The SMILES string of the molecule is CCc1c(C)c2c3c(C(F)(F)F)cc(=O)[nH]c3ccc2n1CCCCCCCCCN1C(=O)c2ccccc2C1=C1CC1. The van der Waals surface area contributed by atoms with E-state index in [0.717, 1.165) is 111 Å². The largest absolute Gasteiger partial charge is 0.417 e. The van der Waals surface area contributed by atoms with Crippen molar-refractivity contribution in [3.63, 3.8) is 0 Å². The van der Waals surface area contributed by atoms with Crippen molar-refractivity contribution in [3.8, 4) is 0 Å². The maximum atomic E-state index is 14.0. The van der Waals surface area contributed by atoms with Crippen LogP contribution in [0.25, 0.3) is 27.5 Å². The van der Waals surface area contributed by atoms with Crippen molar-refractivity contribution in [1.29, 1.82) is 0 Å². The number of pyridine rings is 1. The molecule has 4 aromatic rings. The third-order valence-electron chi connectivity index (χ3n) is 9.08. The van der Waals surface area contributed by atoms with Crippen LogP contribution in [-0.4, -0.2) is 26.9 Å². The molecule has 1 aliphatic heterocycles. The first-order valence-electron chi connectivity index (χ1n) is 15.6. The minimum absolute atomic E-state index is 0.0792. The number of fused-ring (bicyclic) bond motifs is 4. The lowest BCUT2D eigenvalue weighted by Crippen LogP contribution is -2.24. The standard InChI is InChI=1S/C35H38F3N3O2/c1-3-28-22(2)31-29(18-17-27-32(31)26(35(36,37)38)21-30(42)39-27)40(28)19-11-7-5-4-6-8-12-20-41-33(23-15-16-23)24-13-9-10-14-25(24)34(41)43/h9-10,13-14,17-18,21H,3-8,11-12,15-16,19-20H2,1-2H3,(H,39,42). The van der Waals surface area contributed by atoms with Gasteiger partial charge in [-0.25, -0.2) is 0 Å². The number of hydrogen-bond acceptors (Lipinski definition) is 2. The third kappa shape index (κ3) is 5.52. The van der Waals surface area contributed by atoms with Gasteiger partial charge in [-0.15, -0.1) is 0 Å². The van der Waals surface area contributed by atoms with Crippen LogP contribution in [0.15, 0.2) is 52.8 Å². The number of aromatic amines is 1. The Bertz CT molecular complexity index is 1790. The summed E-state index contributed by atoms with van der Waals surface area (Å²) in [5.41, 5.74) is 5.77. The normalized spacial score (nSPS) is 14.9. The van der Waals surface area contributed by atoms with E-state index in [9.17, 15) is 22.8 Å². The topological polar surface area (TPSA) is 58.1 Å². The van der Waals surface area contributed by atoms with Crippen LogP contribution in [0.5, 0.6) is 0 Å². The molecule has 1 N–H and O–H groups in total. The fourth-order valence-electron chi connectivity index (χ4n) is 6.97. The number of H-pyrrole nitrogens is 1. The summed E-state index contributed by atoms with van der Waals surface area (Å²) in [5.74, 6) is 0.139. The van der Waals surface area contributed by atoms with Gasteiger partial charge in [0.15, 0.2) is 0 Å². The molecule has 1 saturated carbocycles. The Morgan fingerprint density at radius 3 is 2.14 bits per heavy atom. The van der Waals surface area contributed by atoms with Gasteiger partial charge in [0, 0.05) is 57.8 Å². The molecule has 8 heteroatoms. The summed E-state index contributed by atoms with van der Waals surface area (Å²) in [4.78, 5) is 29.5. The summed E-state index contributed by atoms with van der Waals surface area (Å²) in [7, 11) is 0. The minimum atomic E-state index is -4.62. The second-order valence-electron chi connectivity index (χ2n) is 11.9. The van der Waals surface area contributed by atoms with Gasteiger partial charge >= 0.3 is 6.18 Å². The number of benzene rings is 2. The van der Waals surface area contributed by atoms with Crippen molar-refractivity contribution >= 4 is 33.4 Å². The van der Waals surface area contributed by atoms with Gasteiger partial charge in [-0.2, -0.15) is 13.2 Å². The van der Waals surface area contributed by atoms with E-state index in [-0.39, 0.29) is 16.8 Å². The maximum Gasteiger partial charge on any atom is 0.417 e. The van der Waals surface area contributed by atoms with Gasteiger partial charge in [0.25, 0.3) is 5.91 Å². The van der Waals surface area contributed by atoms with Crippen molar-refractivity contribution in [1.82, 2.24) is 14.5 Å². The van der Waals surface area contributed by atoms with Crippen LogP contribution in [0, 0.1) is 6.92 Å². The number of amides is 1. The zero-order valence-electron chi connectivity index (χ0n) is 24.9. The number of rotatable bonds is 11. The van der Waals surface area contributed by atoms with Crippen molar-refractivity contribution in [3.05, 3.63) is 86.3 Å². The van der Waals surface area contributed by atoms with E-state index >= 15 is 0 Å². The second kappa shape index (κ2) is 11.7. The van der Waals surface area contributed by atoms with E-state index in [2.05, 4.69) is 15.6 Å². The van der Waals surface area contributed by atoms with Crippen LogP contribution in [0.1, 0.15) is 97.5 Å². The molecule has 3 heterocycles. The first kappa shape index (κ1) is 29.3. The van der Waals surface area contributed by atoms with Crippen LogP contribution >= 0.6 is 0 Å². The van der Waals surface area contributed by atoms with Gasteiger partial charge in [-0.1, -0.05) is 57.2 Å². The first-order valence-corrected chi connectivity index (χ1v) is 15.6. The zero-order valence-corrected chi connectivity index (χ0v) is 24.9. The minimum Gasteiger partial charge on any atom is -0.344 e. The molecule has 2 aromatic heterocycles. The number of unbranched alkanes of at least 4 members (excludes halogenated alkanes) is 6. The molecule has 0 radical (unpaired) electrons. The van der Waals surface area contributed by atoms with E-state index in [0.29, 0.717) is 11.5 Å². The number of aryl methyl sites for hydroxylation is 2. The Hall–Kier alpha value is -3.81. The number of hydrogen-bond donors (Lipinski definition) is 1. The summed E-state index contributed by atoms with van der Waals surface area (Å²) < 4.78 is 44.1. The molecule has 0 atom stereocenters. The fraction of sp³-hybridized carbons (Fsp3) is 0.429. The Labute approximate surface area is 249 Å². The van der Waals surface area contributed by atoms with Gasteiger partial charge in [0.1, 0.15) is 0 Å². The summed E-state index contributed by atoms with van der Waals surface area (Å²) in [6.45, 7) is 5.44. The Morgan fingerprint density at radius 1 is 0.837 bits per heavy atom. The van der Waals surface area contributed by atoms with Crippen LogP contribution in [-0.2, 0) is 19.1 Å². The van der Waals surface area contributed by atoms with E-state index in [4.69, 9.17) is 0 Å². The predicted octanol–water partition coefficient (Wildman–Crippen LogP) is 8.76. The number of carbonyl (C=O) groups excluding carboxylic acids is 1. The van der Waals surface area contributed by atoms with E-state index in [1.165, 1.54) is 5.57 Å². The molecule has 5 nitrogen and oxygen atoms in total. The number of allylic oxidation sites excluding steroid dienone is 1. The molecular formula is C35H38F3N3O2. The van der Waals surface area contributed by atoms with E-state index < -0.39 is 17.3 Å². The van der Waals surface area contributed by atoms with E-state index in [1.807, 2.05) is 43.0 Å². The smallest absolute Gasteiger partial charge is 0.344 e. The van der Waals surface area contributed by atoms with Crippen molar-refractivity contribution in [2.24, 2.45) is 0 Å². The number of nitrogens with zero attached hydrogens (tertiary/aromatic N) is 2. The number of alkyl halides is 3. The molecule has 6 rings (SSSR count). The van der Waals surface area contributed by atoms with Crippen molar-refractivity contribution in [2.45, 2.75) is 90.8 Å². The predicted molar refractivity (Wildman–Crippen MR) is 165 cm³/mol. The zero-order chi connectivity index (χ0) is 30.3. The summed E-state index contributed by atoms with van der Waals surface area (Å²) >= 11 is 0. The number of nitrogens with one attached hydrogen (secondary N) is 1. The second-order valence-corrected chi connectivity index (χ2v) is 11.9. The lowest BCUT2D eigenvalue weighted by molar-refractivity contribution is -0.136. The lowest BCUT2D eigenvalue weighted by atomic mass is 10.0. The average Bonchev–Trinajstić information content (AvgIpc) is 3.73. The molecule has 0 bridgehead atoms. The number of halogens is 3. The molecule has 0 saturated heterocycles. The quantitative estimate of drug-likeness (QED) is 0.178. The molecule has 0 spiro atoms. The maximum absolute atomic E-state index is 14.0. The summed E-state index contributed by atoms with van der Waals surface area (Å²) in [6, 6.07) is 12.1. The summed E-state index contributed by atoms with van der Waals surface area (Å²) in [6.07, 6.45) is 5.71. The highest BCUT2D eigenvalue weighted by atomic mass is 19.4. The van der Waals surface area contributed by atoms with Crippen molar-refractivity contribution in [2.75, 3.05) is 6.54 Å². The number of aromatic nitrogens is 2. The summed E-state index contributed by atoms with van der Waals surface area (Å²) in [5, 5.41) is 0.661. The average molecular weight is 590 g/mol. The van der Waals surface area contributed by atoms with Crippen molar-refractivity contribution < 1.29 is 18.0 Å². The molecule has 43 heavy (non-hydrogen) atoms. The van der Waals surface area contributed by atoms with Crippen LogP contribution in [0.4, 0.5) is 13.2 Å². The molecule has 226 valence electrons. The highest BCUT2D eigenvalue weighted by Crippen LogP contribution is 2.44. The highest BCUT2D eigenvalue weighted by molar-refractivity contribution is 6.10. The fourth-order valence-corrected chi connectivity index (χ4v) is 6.97. The number of carbonyl (C=O) groups is 1. The molecule has 1 amide bonds. The molecule has 1 fully saturated rings. The van der Waals surface area contributed by atoms with E-state index in [1.54, 1.807) is 6.07 Å². The molecular weight excluding hydrogens is 551 g/mol. The Morgan fingerprint density at radius 2 is 1.49 bits per heavy atom. The molecule has 2 aliphatic rings. The lowest BCUT2D eigenvalue weighted by Gasteiger charge is -2.18. The van der Waals surface area contributed by atoms with Crippen LogP contribution < -0.4 is 5.56 Å². The van der Waals surface area contributed by atoms with Crippen LogP contribution in [0.2, 0.25) is 0 Å². The van der Waals surface area contributed by atoms with Gasteiger partial charge in [-0.3, -0.25) is 9.59 Å². The molecule has 2 aromatic carbocycles. The third-order valence-corrected chi connectivity index (χ3v) is 9.08. The van der Waals surface area contributed by atoms with Gasteiger partial charge < -0.3 is 14.5 Å². The van der Waals surface area contributed by atoms with Gasteiger partial charge in [0.05, 0.1) is 11.3 Å². The van der Waals surface area contributed by atoms with Crippen LogP contribution in [0.3, 0.4) is 0 Å². The first-order chi connectivity index (χ1) is 20.7. The monoisotopic (exact) mass is 589 g/mol. The molecule has 1 aliphatic carbocycles. The van der Waals surface area contributed by atoms with Gasteiger partial charge in [-0.05, 0) is 68.4 Å². The molecule has 0 unspecified atom stereocenters. The van der Waals surface area contributed by atoms with Gasteiger partial charge in [0.2, 0.25) is 5.56 Å². The Balaban J connectivity index is 1.03. The Kier molecular flexibility index (Phi) is 7.96. The highest BCUT2D eigenvalue weighted by Gasteiger charge is 2.36.